The van der Waals surface area contributed by atoms with Crippen molar-refractivity contribution in [3.63, 3.8) is 0 Å². The Balaban J connectivity index is 2.79. The van der Waals surface area contributed by atoms with Crippen LogP contribution in [0, 0.1) is 5.92 Å². The number of aliphatic carboxylic acids is 1. The minimum Gasteiger partial charge on any atom is -0.481 e. The molecule has 1 aliphatic rings. The zero-order valence-electron chi connectivity index (χ0n) is 9.86. The van der Waals surface area contributed by atoms with E-state index in [0.717, 1.165) is 6.42 Å². The van der Waals surface area contributed by atoms with Gasteiger partial charge in [-0.1, -0.05) is 6.42 Å². The summed E-state index contributed by atoms with van der Waals surface area (Å²) in [5.41, 5.74) is 0. The first kappa shape index (κ1) is 13.4. The first-order valence-corrected chi connectivity index (χ1v) is 6.88. The van der Waals surface area contributed by atoms with Gasteiger partial charge in [0.05, 0.1) is 10.7 Å². The molecule has 2 N–H and O–H groups in total. The first-order chi connectivity index (χ1) is 7.15. The van der Waals surface area contributed by atoms with E-state index in [-0.39, 0.29) is 0 Å². The number of hydrogen-bond acceptors (Lipinski definition) is 3. The van der Waals surface area contributed by atoms with E-state index in [0.29, 0.717) is 12.8 Å². The van der Waals surface area contributed by atoms with Crippen LogP contribution in [0.4, 0.5) is 0 Å². The Labute approximate surface area is 96.3 Å². The number of sulfonamides is 1. The van der Waals surface area contributed by atoms with Gasteiger partial charge in [-0.15, -0.1) is 0 Å². The molecule has 2 atom stereocenters. The number of carboxylic acid groups (broad SMARTS) is 1. The highest BCUT2D eigenvalue weighted by molar-refractivity contribution is 7.90. The smallest absolute Gasteiger partial charge is 0.308 e. The van der Waals surface area contributed by atoms with Crippen molar-refractivity contribution < 1.29 is 18.3 Å². The number of carboxylic acids is 1. The molecule has 0 saturated heterocycles. The van der Waals surface area contributed by atoms with E-state index in [4.69, 9.17) is 5.11 Å². The van der Waals surface area contributed by atoms with Gasteiger partial charge in [-0.3, -0.25) is 4.79 Å². The SMILES string of the molecule is CC(C)(C)S(=O)(=O)NC1CCCC1C(=O)O. The normalized spacial score (nSPS) is 26.9. The molecule has 0 aromatic carbocycles. The quantitative estimate of drug-likeness (QED) is 0.780. The van der Waals surface area contributed by atoms with Crippen LogP contribution in [0.5, 0.6) is 0 Å². The van der Waals surface area contributed by atoms with Crippen LogP contribution in [0.2, 0.25) is 0 Å². The molecule has 5 nitrogen and oxygen atoms in total. The van der Waals surface area contributed by atoms with Gasteiger partial charge in [-0.2, -0.15) is 0 Å². The Morgan fingerprint density at radius 3 is 2.31 bits per heavy atom. The van der Waals surface area contributed by atoms with E-state index in [1.165, 1.54) is 0 Å². The fourth-order valence-electron chi connectivity index (χ4n) is 1.77. The molecule has 0 aromatic heterocycles. The summed E-state index contributed by atoms with van der Waals surface area (Å²) in [5, 5.41) is 8.95. The van der Waals surface area contributed by atoms with Crippen molar-refractivity contribution in [2.75, 3.05) is 0 Å². The topological polar surface area (TPSA) is 83.5 Å². The van der Waals surface area contributed by atoms with Crippen LogP contribution in [0.15, 0.2) is 0 Å². The predicted molar refractivity (Wildman–Crippen MR) is 60.6 cm³/mol. The van der Waals surface area contributed by atoms with E-state index in [2.05, 4.69) is 4.72 Å². The number of rotatable bonds is 3. The maximum absolute atomic E-state index is 11.9. The zero-order chi connectivity index (χ0) is 12.6. The largest absolute Gasteiger partial charge is 0.481 e. The molecule has 0 heterocycles. The van der Waals surface area contributed by atoms with E-state index in [9.17, 15) is 13.2 Å². The summed E-state index contributed by atoms with van der Waals surface area (Å²) in [7, 11) is -3.46. The predicted octanol–water partition coefficient (Wildman–Crippen LogP) is 0.958. The van der Waals surface area contributed by atoms with Gasteiger partial charge >= 0.3 is 5.97 Å². The monoisotopic (exact) mass is 249 g/mol. The lowest BCUT2D eigenvalue weighted by molar-refractivity contribution is -0.141. The van der Waals surface area contributed by atoms with Crippen LogP contribution in [-0.2, 0) is 14.8 Å². The van der Waals surface area contributed by atoms with Crippen LogP contribution >= 0.6 is 0 Å². The lowest BCUT2D eigenvalue weighted by Crippen LogP contribution is -2.47. The van der Waals surface area contributed by atoms with E-state index >= 15 is 0 Å². The lowest BCUT2D eigenvalue weighted by Gasteiger charge is -2.24. The highest BCUT2D eigenvalue weighted by Crippen LogP contribution is 2.28. The minimum atomic E-state index is -3.46. The Bertz CT molecular complexity index is 369. The molecule has 0 spiro atoms. The van der Waals surface area contributed by atoms with Gasteiger partial charge in [0.15, 0.2) is 0 Å². The molecule has 1 saturated carbocycles. The summed E-state index contributed by atoms with van der Waals surface area (Å²) >= 11 is 0. The third-order valence-corrected chi connectivity index (χ3v) is 5.17. The van der Waals surface area contributed by atoms with Crippen LogP contribution < -0.4 is 4.72 Å². The van der Waals surface area contributed by atoms with Crippen molar-refractivity contribution in [2.45, 2.75) is 50.8 Å². The highest BCUT2D eigenvalue weighted by Gasteiger charge is 2.38. The molecule has 16 heavy (non-hydrogen) atoms. The molecule has 2 unspecified atom stereocenters. The second-order valence-corrected chi connectivity index (χ2v) is 7.68. The van der Waals surface area contributed by atoms with Crippen LogP contribution in [0.1, 0.15) is 40.0 Å². The molecular formula is C10H19NO4S. The molecule has 0 aromatic rings. The van der Waals surface area contributed by atoms with Gasteiger partial charge < -0.3 is 5.11 Å². The summed E-state index contributed by atoms with van der Waals surface area (Å²) in [6, 6.07) is -0.457. The fraction of sp³-hybridized carbons (Fsp3) is 0.900. The molecule has 0 amide bonds. The minimum absolute atomic E-state index is 0.457. The average molecular weight is 249 g/mol. The molecule has 1 fully saturated rings. The number of hydrogen-bond donors (Lipinski definition) is 2. The van der Waals surface area contributed by atoms with Crippen LogP contribution in [0.25, 0.3) is 0 Å². The zero-order valence-corrected chi connectivity index (χ0v) is 10.7. The second-order valence-electron chi connectivity index (χ2n) is 5.22. The Morgan fingerprint density at radius 1 is 1.31 bits per heavy atom. The fourth-order valence-corrected chi connectivity index (χ4v) is 2.81. The molecule has 0 aliphatic heterocycles. The second kappa shape index (κ2) is 4.33. The molecule has 94 valence electrons. The standard InChI is InChI=1S/C10H19NO4S/c1-10(2,3)16(14,15)11-8-6-4-5-7(8)9(12)13/h7-8,11H,4-6H2,1-3H3,(H,12,13). The summed E-state index contributed by atoms with van der Waals surface area (Å²) in [5.74, 6) is -1.50. The van der Waals surface area contributed by atoms with Crippen molar-refractivity contribution in [2.24, 2.45) is 5.92 Å². The van der Waals surface area contributed by atoms with Crippen LogP contribution in [-0.4, -0.2) is 30.3 Å². The van der Waals surface area contributed by atoms with E-state index in [1.54, 1.807) is 20.8 Å². The van der Waals surface area contributed by atoms with E-state index < -0.39 is 32.7 Å². The summed E-state index contributed by atoms with van der Waals surface area (Å²) in [6.07, 6.45) is 1.91. The summed E-state index contributed by atoms with van der Waals surface area (Å²) < 4.78 is 25.4. The van der Waals surface area contributed by atoms with E-state index in [1.807, 2.05) is 0 Å². The first-order valence-electron chi connectivity index (χ1n) is 5.40. The molecule has 6 heteroatoms. The third kappa shape index (κ3) is 2.74. The van der Waals surface area contributed by atoms with Crippen LogP contribution in [0.3, 0.4) is 0 Å². The van der Waals surface area contributed by atoms with Gasteiger partial charge in [0.2, 0.25) is 10.0 Å². The summed E-state index contributed by atoms with van der Waals surface area (Å²) in [6.45, 7) is 4.79. The highest BCUT2D eigenvalue weighted by atomic mass is 32.2. The van der Waals surface area contributed by atoms with Gasteiger partial charge in [0, 0.05) is 6.04 Å². The van der Waals surface area contributed by atoms with Crippen molar-refractivity contribution in [1.82, 2.24) is 4.72 Å². The number of nitrogens with one attached hydrogen (secondary N) is 1. The maximum Gasteiger partial charge on any atom is 0.308 e. The maximum atomic E-state index is 11.9. The molecule has 0 radical (unpaired) electrons. The third-order valence-electron chi connectivity index (χ3n) is 2.95. The molecule has 1 rings (SSSR count). The van der Waals surface area contributed by atoms with Gasteiger partial charge in [0.1, 0.15) is 0 Å². The lowest BCUT2D eigenvalue weighted by atomic mass is 10.1. The molecule has 1 aliphatic carbocycles. The Hall–Kier alpha value is -0.620. The Morgan fingerprint density at radius 2 is 1.88 bits per heavy atom. The van der Waals surface area contributed by atoms with Crippen molar-refractivity contribution in [1.29, 1.82) is 0 Å². The average Bonchev–Trinajstić information content (AvgIpc) is 2.49. The van der Waals surface area contributed by atoms with Crippen molar-refractivity contribution in [3.05, 3.63) is 0 Å². The number of carbonyl (C=O) groups is 1. The van der Waals surface area contributed by atoms with Gasteiger partial charge in [-0.05, 0) is 33.6 Å². The molecule has 0 bridgehead atoms. The summed E-state index contributed by atoms with van der Waals surface area (Å²) in [4.78, 5) is 10.9. The van der Waals surface area contributed by atoms with Gasteiger partial charge in [-0.25, -0.2) is 13.1 Å². The van der Waals surface area contributed by atoms with Crippen molar-refractivity contribution >= 4 is 16.0 Å². The Kier molecular flexibility index (Phi) is 3.64. The molecular weight excluding hydrogens is 230 g/mol. The van der Waals surface area contributed by atoms with Gasteiger partial charge in [0.25, 0.3) is 0 Å². The van der Waals surface area contributed by atoms with Crippen molar-refractivity contribution in [3.8, 4) is 0 Å².